The highest BCUT2D eigenvalue weighted by Gasteiger charge is 2.20. The molecule has 0 atom stereocenters. The largest absolute Gasteiger partial charge is 0.310 e. The van der Waals surface area contributed by atoms with Gasteiger partial charge in [-0.05, 0) is 125 Å². The molecule has 2 nitrogen and oxygen atoms in total. The Morgan fingerprint density at radius 1 is 0.473 bits per heavy atom. The highest BCUT2D eigenvalue weighted by molar-refractivity contribution is 7.19. The quantitative estimate of drug-likeness (QED) is 0.166. The van der Waals surface area contributed by atoms with E-state index in [0.29, 0.717) is 0 Å². The van der Waals surface area contributed by atoms with Crippen molar-refractivity contribution in [3.8, 4) is 27.9 Å². The number of fused-ring (bicyclic) bond motifs is 8. The Kier molecular flexibility index (Phi) is 7.67. The molecule has 0 spiro atoms. The van der Waals surface area contributed by atoms with Crippen LogP contribution in [0.5, 0.6) is 0 Å². The number of nitrogens with zero attached hydrogens (tertiary/aromatic N) is 2. The number of benzene rings is 7. The molecule has 0 amide bonds. The van der Waals surface area contributed by atoms with Gasteiger partial charge in [0.25, 0.3) is 0 Å². The van der Waals surface area contributed by atoms with Crippen molar-refractivity contribution in [3.05, 3.63) is 191 Å². The van der Waals surface area contributed by atoms with Gasteiger partial charge in [-0.1, -0.05) is 121 Å². The van der Waals surface area contributed by atoms with E-state index < -0.39 is 0 Å². The van der Waals surface area contributed by atoms with Crippen molar-refractivity contribution >= 4 is 72.4 Å². The maximum atomic E-state index is 2.44. The summed E-state index contributed by atoms with van der Waals surface area (Å²) >= 11 is 1.95. The topological polar surface area (TPSA) is 8.17 Å². The minimum atomic E-state index is 1.10. The van der Waals surface area contributed by atoms with E-state index in [4.69, 9.17) is 0 Å². The van der Waals surface area contributed by atoms with Crippen LogP contribution in [0.2, 0.25) is 0 Å². The molecule has 55 heavy (non-hydrogen) atoms. The fraction of sp³-hybridized carbons (Fsp3) is 0.0769. The van der Waals surface area contributed by atoms with Gasteiger partial charge in [0.05, 0.1) is 11.0 Å². The van der Waals surface area contributed by atoms with Crippen molar-refractivity contribution in [2.45, 2.75) is 25.7 Å². The van der Waals surface area contributed by atoms with Crippen LogP contribution in [0.25, 0.3) is 72.0 Å². The van der Waals surface area contributed by atoms with Gasteiger partial charge in [0.1, 0.15) is 0 Å². The lowest BCUT2D eigenvalue weighted by Gasteiger charge is -2.26. The van der Waals surface area contributed by atoms with Gasteiger partial charge in [0.2, 0.25) is 0 Å². The van der Waals surface area contributed by atoms with Crippen molar-refractivity contribution in [1.29, 1.82) is 0 Å². The summed E-state index contributed by atoms with van der Waals surface area (Å²) in [5.41, 5.74) is 16.2. The van der Waals surface area contributed by atoms with E-state index in [-0.39, 0.29) is 0 Å². The van der Waals surface area contributed by atoms with Gasteiger partial charge >= 0.3 is 0 Å². The summed E-state index contributed by atoms with van der Waals surface area (Å²) in [6.07, 6.45) is 13.8. The molecule has 2 aliphatic rings. The zero-order valence-corrected chi connectivity index (χ0v) is 31.3. The Hall–Kier alpha value is -6.42. The highest BCUT2D eigenvalue weighted by Crippen LogP contribution is 2.43. The smallest absolute Gasteiger partial charge is 0.0547 e. The number of aromatic nitrogens is 1. The van der Waals surface area contributed by atoms with E-state index in [1.54, 1.807) is 0 Å². The fourth-order valence-electron chi connectivity index (χ4n) is 8.84. The molecule has 0 fully saturated rings. The third-order valence-corrected chi connectivity index (χ3v) is 12.7. The molecule has 2 aromatic heterocycles. The van der Waals surface area contributed by atoms with Gasteiger partial charge in [-0.15, -0.1) is 11.3 Å². The molecule has 0 aliphatic heterocycles. The monoisotopic (exact) mass is 722 g/mol. The van der Waals surface area contributed by atoms with Gasteiger partial charge in [-0.3, -0.25) is 0 Å². The molecule has 3 heteroatoms. The zero-order chi connectivity index (χ0) is 36.3. The second-order valence-corrected chi connectivity index (χ2v) is 15.9. The lowest BCUT2D eigenvalue weighted by Crippen LogP contribution is -2.09. The number of para-hydroxylation sites is 1. The second-order valence-electron chi connectivity index (χ2n) is 14.7. The molecule has 7 aromatic carbocycles. The average molecular weight is 723 g/mol. The summed E-state index contributed by atoms with van der Waals surface area (Å²) in [6, 6.07) is 58.3. The van der Waals surface area contributed by atoms with E-state index in [1.165, 1.54) is 87.1 Å². The van der Waals surface area contributed by atoms with Crippen LogP contribution in [0.1, 0.15) is 34.4 Å². The highest BCUT2D eigenvalue weighted by atomic mass is 32.1. The van der Waals surface area contributed by atoms with Gasteiger partial charge in [0, 0.05) is 48.5 Å². The first-order valence-electron chi connectivity index (χ1n) is 19.4. The van der Waals surface area contributed by atoms with E-state index in [1.807, 2.05) is 11.3 Å². The minimum Gasteiger partial charge on any atom is -0.310 e. The first-order valence-corrected chi connectivity index (χ1v) is 20.2. The van der Waals surface area contributed by atoms with E-state index in [9.17, 15) is 0 Å². The van der Waals surface area contributed by atoms with Gasteiger partial charge in [0.15, 0.2) is 0 Å². The first kappa shape index (κ1) is 32.0. The molecule has 0 radical (unpaired) electrons. The van der Waals surface area contributed by atoms with Crippen LogP contribution in [-0.4, -0.2) is 4.57 Å². The lowest BCUT2D eigenvalue weighted by atomic mass is 9.93. The van der Waals surface area contributed by atoms with Crippen LogP contribution >= 0.6 is 11.3 Å². The predicted octanol–water partition coefficient (Wildman–Crippen LogP) is 14.7. The number of aryl methyl sites for hydroxylation is 2. The maximum absolute atomic E-state index is 2.44. The molecule has 0 saturated heterocycles. The average Bonchev–Trinajstić information content (AvgIpc) is 3.80. The van der Waals surface area contributed by atoms with Gasteiger partial charge in [-0.25, -0.2) is 0 Å². The number of hydrogen-bond acceptors (Lipinski definition) is 2. The summed E-state index contributed by atoms with van der Waals surface area (Å²) in [7, 11) is 0. The molecule has 0 N–H and O–H groups in total. The summed E-state index contributed by atoms with van der Waals surface area (Å²) < 4.78 is 3.79. The van der Waals surface area contributed by atoms with Crippen LogP contribution in [0.4, 0.5) is 17.1 Å². The molecule has 0 saturated carbocycles. The van der Waals surface area contributed by atoms with Crippen molar-refractivity contribution in [2.75, 3.05) is 4.90 Å². The molecule has 2 aliphatic carbocycles. The van der Waals surface area contributed by atoms with Crippen molar-refractivity contribution in [2.24, 2.45) is 0 Å². The number of anilines is 3. The molecule has 2 heterocycles. The van der Waals surface area contributed by atoms with E-state index in [0.717, 1.165) is 37.1 Å². The van der Waals surface area contributed by atoms with Crippen LogP contribution in [0.15, 0.2) is 170 Å². The Morgan fingerprint density at radius 2 is 1.15 bits per heavy atom. The number of thiophene rings is 1. The minimum absolute atomic E-state index is 1.10. The molecule has 9 aromatic rings. The van der Waals surface area contributed by atoms with Crippen LogP contribution < -0.4 is 4.90 Å². The zero-order valence-electron chi connectivity index (χ0n) is 30.5. The summed E-state index contributed by atoms with van der Waals surface area (Å²) in [6.45, 7) is 0. The summed E-state index contributed by atoms with van der Waals surface area (Å²) in [5, 5.41) is 4.02. The Labute approximate surface area is 325 Å². The van der Waals surface area contributed by atoms with E-state index >= 15 is 0 Å². The van der Waals surface area contributed by atoms with Crippen molar-refractivity contribution in [1.82, 2.24) is 4.57 Å². The molecule has 11 rings (SSSR count). The third kappa shape index (κ3) is 5.46. The Balaban J connectivity index is 0.993. The standard InChI is InChI=1S/C52H38N2S/c1-2-11-35(12-3-1)36-21-26-40(27-22-36)53(43-30-31-46-45-17-7-9-20-50(45)55-51(46)34-43)41-28-23-37(24-29-41)39-14-10-15-42(33-39)54-48-19-8-6-18-47(48)52-44-16-5-4-13-38(44)25-32-49(52)54/h1-3,5-8,10-12,14-19,21-34H,4,9,13,20H2. The second kappa shape index (κ2) is 13.2. The molecule has 262 valence electrons. The predicted molar refractivity (Wildman–Crippen MR) is 236 cm³/mol. The van der Waals surface area contributed by atoms with Gasteiger partial charge < -0.3 is 9.47 Å². The Morgan fingerprint density at radius 3 is 1.96 bits per heavy atom. The third-order valence-electron chi connectivity index (χ3n) is 11.5. The number of rotatable bonds is 6. The normalized spacial score (nSPS) is 13.4. The number of hydrogen-bond donors (Lipinski definition) is 0. The van der Waals surface area contributed by atoms with Crippen LogP contribution in [-0.2, 0) is 12.8 Å². The van der Waals surface area contributed by atoms with Gasteiger partial charge in [-0.2, -0.15) is 0 Å². The maximum Gasteiger partial charge on any atom is 0.0547 e. The lowest BCUT2D eigenvalue weighted by molar-refractivity contribution is 0.989. The van der Waals surface area contributed by atoms with Crippen LogP contribution in [0, 0.1) is 0 Å². The summed E-state index contributed by atoms with van der Waals surface area (Å²) in [4.78, 5) is 3.90. The first-order chi connectivity index (χ1) is 27.3. The Bertz CT molecular complexity index is 2960. The molecular weight excluding hydrogens is 685 g/mol. The van der Waals surface area contributed by atoms with Crippen molar-refractivity contribution in [3.63, 3.8) is 0 Å². The molecule has 0 bridgehead atoms. The fourth-order valence-corrected chi connectivity index (χ4v) is 10.1. The summed E-state index contributed by atoms with van der Waals surface area (Å²) in [5.74, 6) is 0. The number of allylic oxidation sites excluding steroid dienone is 2. The van der Waals surface area contributed by atoms with E-state index in [2.05, 4.69) is 191 Å². The SMILES string of the molecule is C1=Cc2c(ccc3c2c2ccccc2n3-c2cccc(-c3ccc(N(c4ccc(-c5ccccc5)cc4)c4ccc5c6c(sc5c4)CCC=C6)cc3)c2)CC1. The molecule has 0 unspecified atom stereocenters. The van der Waals surface area contributed by atoms with Crippen LogP contribution in [0.3, 0.4) is 0 Å². The molecular formula is C52H38N2S. The van der Waals surface area contributed by atoms with Crippen molar-refractivity contribution < 1.29 is 0 Å².